The fraction of sp³-hybridized carbons (Fsp3) is 0.571. The number of aliphatic imine (C=N–C) groups is 1. The Hall–Kier alpha value is -2.31. The van der Waals surface area contributed by atoms with E-state index in [9.17, 15) is 9.59 Å². The first-order chi connectivity index (χ1) is 13.3. The third kappa shape index (κ3) is 3.42. The van der Waals surface area contributed by atoms with E-state index >= 15 is 0 Å². The number of carbonyl (C=O) groups is 2. The molecule has 2 heterocycles. The van der Waals surface area contributed by atoms with E-state index in [0.717, 1.165) is 54.7 Å². The number of hydrogen-bond donors (Lipinski definition) is 1. The molecule has 2 radical (unpaired) electrons. The predicted molar refractivity (Wildman–Crippen MR) is 109 cm³/mol. The molecule has 2 atom stereocenters. The lowest BCUT2D eigenvalue weighted by Crippen LogP contribution is -2.53. The van der Waals surface area contributed by atoms with Crippen LogP contribution in [0.15, 0.2) is 23.2 Å². The fourth-order valence-electron chi connectivity index (χ4n) is 4.44. The second-order valence-corrected chi connectivity index (χ2v) is 8.71. The lowest BCUT2D eigenvalue weighted by Gasteiger charge is -2.31. The summed E-state index contributed by atoms with van der Waals surface area (Å²) in [4.78, 5) is 32.0. The van der Waals surface area contributed by atoms with Gasteiger partial charge in [-0.05, 0) is 42.2 Å². The lowest BCUT2D eigenvalue weighted by atomic mass is 9.92. The minimum Gasteiger partial charge on any atom is -0.453 e. The smallest absolute Gasteiger partial charge is 0.407 e. The number of rotatable bonds is 4. The van der Waals surface area contributed by atoms with E-state index in [-0.39, 0.29) is 23.3 Å². The average molecular weight is 379 g/mol. The van der Waals surface area contributed by atoms with Crippen LogP contribution in [0.3, 0.4) is 0 Å². The zero-order valence-electron chi connectivity index (χ0n) is 16.7. The van der Waals surface area contributed by atoms with Crippen molar-refractivity contribution in [2.45, 2.75) is 51.6 Å². The van der Waals surface area contributed by atoms with Crippen LogP contribution in [0.5, 0.6) is 0 Å². The highest BCUT2D eigenvalue weighted by atomic mass is 16.5. The Kier molecular flexibility index (Phi) is 4.72. The Balaban J connectivity index is 1.58. The van der Waals surface area contributed by atoms with Gasteiger partial charge in [0.2, 0.25) is 5.91 Å². The van der Waals surface area contributed by atoms with Gasteiger partial charge in [0.05, 0.1) is 18.8 Å². The Labute approximate surface area is 167 Å². The summed E-state index contributed by atoms with van der Waals surface area (Å²) in [5.74, 6) is -0.0853. The van der Waals surface area contributed by atoms with E-state index in [0.29, 0.717) is 0 Å². The molecule has 6 nitrogen and oxygen atoms in total. The molecule has 0 unspecified atom stereocenters. The molecule has 2 amide bonds. The molecular formula is C21H26BN3O3. The van der Waals surface area contributed by atoms with E-state index in [1.165, 1.54) is 7.11 Å². The summed E-state index contributed by atoms with van der Waals surface area (Å²) in [6.45, 7) is 4.60. The molecule has 1 spiro atoms. The van der Waals surface area contributed by atoms with Gasteiger partial charge in [-0.2, -0.15) is 0 Å². The van der Waals surface area contributed by atoms with Gasteiger partial charge in [-0.25, -0.2) is 4.79 Å². The number of nitrogens with one attached hydrogen (secondary N) is 1. The molecule has 7 heteroatoms. The Morgan fingerprint density at radius 3 is 2.75 bits per heavy atom. The Morgan fingerprint density at radius 1 is 1.36 bits per heavy atom. The second-order valence-electron chi connectivity index (χ2n) is 8.71. The van der Waals surface area contributed by atoms with Gasteiger partial charge < -0.3 is 15.0 Å². The van der Waals surface area contributed by atoms with Crippen molar-refractivity contribution in [2.75, 3.05) is 13.7 Å². The average Bonchev–Trinajstić information content (AvgIpc) is 3.11. The fourth-order valence-corrected chi connectivity index (χ4v) is 4.44. The molecule has 0 bridgehead atoms. The lowest BCUT2D eigenvalue weighted by molar-refractivity contribution is -0.134. The van der Waals surface area contributed by atoms with Crippen LogP contribution in [0, 0.1) is 11.3 Å². The van der Waals surface area contributed by atoms with Crippen LogP contribution in [0.4, 0.5) is 10.5 Å². The van der Waals surface area contributed by atoms with Crippen molar-refractivity contribution in [2.24, 2.45) is 16.3 Å². The van der Waals surface area contributed by atoms with Gasteiger partial charge in [0.1, 0.15) is 13.9 Å². The van der Waals surface area contributed by atoms with Gasteiger partial charge in [-0.1, -0.05) is 31.4 Å². The van der Waals surface area contributed by atoms with Crippen molar-refractivity contribution in [3.8, 4) is 0 Å². The summed E-state index contributed by atoms with van der Waals surface area (Å²) < 4.78 is 4.72. The number of nitrogens with zero attached hydrogens (tertiary/aromatic N) is 2. The standard InChI is InChI=1S/C21H26BN3O3/c1-12(2)18(24-20(27)28-3)19(26)25-11-21(6-7-21)10-17(25)16-9-13-8-14(22)4-5-15(13)23-16/h4-5,8,12,17-18H,6-7,9-11H2,1-3H3,(H,24,27)/t17-,18-/m0/s1. The summed E-state index contributed by atoms with van der Waals surface area (Å²) in [6.07, 6.45) is 3.39. The zero-order chi connectivity index (χ0) is 20.1. The van der Waals surface area contributed by atoms with E-state index in [1.807, 2.05) is 36.9 Å². The van der Waals surface area contributed by atoms with Gasteiger partial charge >= 0.3 is 6.09 Å². The summed E-state index contributed by atoms with van der Waals surface area (Å²) in [7, 11) is 7.23. The first kappa shape index (κ1) is 19.0. The molecular weight excluding hydrogens is 353 g/mol. The van der Waals surface area contributed by atoms with Gasteiger partial charge in [0, 0.05) is 18.7 Å². The number of methoxy groups -OCH3 is 1. The van der Waals surface area contributed by atoms with E-state index < -0.39 is 12.1 Å². The molecule has 0 aromatic heterocycles. The predicted octanol–water partition coefficient (Wildman–Crippen LogP) is 1.87. The highest BCUT2D eigenvalue weighted by Crippen LogP contribution is 2.55. The molecule has 1 saturated carbocycles. The van der Waals surface area contributed by atoms with Gasteiger partial charge in [0.15, 0.2) is 0 Å². The van der Waals surface area contributed by atoms with Crippen LogP contribution in [0.25, 0.3) is 0 Å². The number of hydrogen-bond acceptors (Lipinski definition) is 4. The molecule has 1 aliphatic carbocycles. The summed E-state index contributed by atoms with van der Waals surface area (Å²) in [5.41, 5.74) is 4.05. The molecule has 3 aliphatic rings. The number of amides is 2. The van der Waals surface area contributed by atoms with Crippen LogP contribution in [-0.4, -0.2) is 56.2 Å². The maximum atomic E-state index is 13.4. The van der Waals surface area contributed by atoms with E-state index in [2.05, 4.69) is 5.32 Å². The van der Waals surface area contributed by atoms with Crippen LogP contribution < -0.4 is 10.8 Å². The van der Waals surface area contributed by atoms with Gasteiger partial charge in [-0.15, -0.1) is 0 Å². The maximum Gasteiger partial charge on any atom is 0.407 e. The number of carbonyl (C=O) groups excluding carboxylic acids is 2. The zero-order valence-corrected chi connectivity index (χ0v) is 16.7. The van der Waals surface area contributed by atoms with Crippen LogP contribution in [-0.2, 0) is 16.0 Å². The van der Waals surface area contributed by atoms with Crippen molar-refractivity contribution >= 4 is 36.7 Å². The SMILES string of the molecule is [B]c1ccc2c(c1)CC([C@@H]1CC3(CC3)CN1C(=O)[C@@H](NC(=O)OC)C(C)C)=N2. The number of likely N-dealkylation sites (tertiary alicyclic amines) is 1. The first-order valence-electron chi connectivity index (χ1n) is 9.93. The quantitative estimate of drug-likeness (QED) is 0.812. The third-order valence-corrected chi connectivity index (χ3v) is 6.26. The summed E-state index contributed by atoms with van der Waals surface area (Å²) in [6, 6.07) is 5.14. The summed E-state index contributed by atoms with van der Waals surface area (Å²) in [5, 5.41) is 2.72. The largest absolute Gasteiger partial charge is 0.453 e. The highest BCUT2D eigenvalue weighted by molar-refractivity contribution is 6.32. The van der Waals surface area contributed by atoms with Crippen molar-refractivity contribution < 1.29 is 14.3 Å². The van der Waals surface area contributed by atoms with Crippen LogP contribution in [0.1, 0.15) is 38.7 Å². The number of ether oxygens (including phenoxy) is 1. The van der Waals surface area contributed by atoms with E-state index in [4.69, 9.17) is 17.6 Å². The van der Waals surface area contributed by atoms with Crippen LogP contribution in [0.2, 0.25) is 0 Å². The number of alkyl carbamates (subject to hydrolysis) is 1. The minimum atomic E-state index is -0.608. The highest BCUT2D eigenvalue weighted by Gasteiger charge is 2.55. The normalized spacial score (nSPS) is 22.8. The van der Waals surface area contributed by atoms with Gasteiger partial charge in [-0.3, -0.25) is 9.79 Å². The van der Waals surface area contributed by atoms with Crippen molar-refractivity contribution in [1.82, 2.24) is 10.2 Å². The van der Waals surface area contributed by atoms with Crippen molar-refractivity contribution in [3.63, 3.8) is 0 Å². The van der Waals surface area contributed by atoms with Crippen molar-refractivity contribution in [1.29, 1.82) is 0 Å². The third-order valence-electron chi connectivity index (χ3n) is 6.26. The molecule has 4 rings (SSSR count). The molecule has 2 aliphatic heterocycles. The van der Waals surface area contributed by atoms with Crippen molar-refractivity contribution in [3.05, 3.63) is 23.8 Å². The molecule has 1 aromatic rings. The first-order valence-corrected chi connectivity index (χ1v) is 9.93. The van der Waals surface area contributed by atoms with Crippen LogP contribution >= 0.6 is 0 Å². The molecule has 1 saturated heterocycles. The second kappa shape index (κ2) is 6.94. The molecule has 2 fully saturated rings. The molecule has 28 heavy (non-hydrogen) atoms. The maximum absolute atomic E-state index is 13.4. The summed E-state index contributed by atoms with van der Waals surface area (Å²) >= 11 is 0. The van der Waals surface area contributed by atoms with E-state index in [1.54, 1.807) is 0 Å². The monoisotopic (exact) mass is 379 g/mol. The topological polar surface area (TPSA) is 71.0 Å². The van der Waals surface area contributed by atoms with Gasteiger partial charge in [0.25, 0.3) is 0 Å². The number of benzene rings is 1. The Bertz CT molecular complexity index is 847. The molecule has 1 N–H and O–H groups in total. The number of fused-ring (bicyclic) bond motifs is 1. The minimum absolute atomic E-state index is 0.0238. The molecule has 1 aromatic carbocycles. The molecule has 146 valence electrons. The Morgan fingerprint density at radius 2 is 2.11 bits per heavy atom.